The predicted octanol–water partition coefficient (Wildman–Crippen LogP) is 5.36. The van der Waals surface area contributed by atoms with Crippen molar-refractivity contribution in [3.05, 3.63) is 67.5 Å². The Morgan fingerprint density at radius 1 is 1.39 bits per heavy atom. The SMILES string of the molecule is COCCN(C)c1nc(N/N=C/c2cc(Br)c(C(=O)Nc3c(C)cccc3Cl)c(Cl)c2N)ncc1F. The number of carbonyl (C=O) groups excluding carboxylic acids is 1. The first-order valence-corrected chi connectivity index (χ1v) is 12.0. The van der Waals surface area contributed by atoms with Gasteiger partial charge in [-0.15, -0.1) is 0 Å². The standard InChI is InChI=1S/C23H23BrCl2FN7O2/c1-12-5-4-6-15(25)20(12)31-22(35)17-14(24)9-13(19(28)18(17)26)10-30-33-23-29-11-16(27)21(32-23)34(2)7-8-36-3/h4-6,9-11H,7-8,28H2,1-3H3,(H,31,35)(H,29,32,33)/b30-10+. The number of hydrazone groups is 1. The van der Waals surface area contributed by atoms with Gasteiger partial charge in [0.25, 0.3) is 5.91 Å². The Balaban J connectivity index is 1.79. The molecule has 0 aliphatic carbocycles. The molecule has 2 aromatic carbocycles. The Hall–Kier alpha value is -2.99. The molecule has 0 aliphatic heterocycles. The molecule has 0 saturated heterocycles. The van der Waals surface area contributed by atoms with Crippen LogP contribution in [0.3, 0.4) is 0 Å². The number of carbonyl (C=O) groups is 1. The summed E-state index contributed by atoms with van der Waals surface area (Å²) in [4.78, 5) is 22.6. The zero-order valence-corrected chi connectivity index (χ0v) is 22.7. The highest BCUT2D eigenvalue weighted by molar-refractivity contribution is 9.10. The number of hydrogen-bond donors (Lipinski definition) is 3. The molecule has 3 aromatic rings. The van der Waals surface area contributed by atoms with E-state index in [-0.39, 0.29) is 28.0 Å². The van der Waals surface area contributed by atoms with Gasteiger partial charge < -0.3 is 20.7 Å². The lowest BCUT2D eigenvalue weighted by molar-refractivity contribution is 0.102. The largest absolute Gasteiger partial charge is 0.397 e. The molecule has 0 fully saturated rings. The van der Waals surface area contributed by atoms with Crippen LogP contribution in [0.4, 0.5) is 27.5 Å². The molecular formula is C23H23BrCl2FN7O2. The van der Waals surface area contributed by atoms with E-state index >= 15 is 0 Å². The second-order valence-corrected chi connectivity index (χ2v) is 9.23. The number of rotatable bonds is 9. The van der Waals surface area contributed by atoms with E-state index in [2.05, 4.69) is 41.7 Å². The third-order valence-corrected chi connectivity index (χ3v) is 6.39. The molecule has 190 valence electrons. The summed E-state index contributed by atoms with van der Waals surface area (Å²) in [5.74, 6) is -0.902. The molecule has 4 N–H and O–H groups in total. The van der Waals surface area contributed by atoms with Crippen molar-refractivity contribution in [1.82, 2.24) is 9.97 Å². The van der Waals surface area contributed by atoms with Crippen LogP contribution in [0.25, 0.3) is 0 Å². The van der Waals surface area contributed by atoms with Gasteiger partial charge in [0.1, 0.15) is 0 Å². The molecule has 0 radical (unpaired) electrons. The number of hydrogen-bond acceptors (Lipinski definition) is 8. The molecule has 36 heavy (non-hydrogen) atoms. The topological polar surface area (TPSA) is 118 Å². The fourth-order valence-corrected chi connectivity index (χ4v) is 4.41. The average molecular weight is 599 g/mol. The van der Waals surface area contributed by atoms with Crippen molar-refractivity contribution >= 4 is 74.4 Å². The number of nitrogens with two attached hydrogens (primary N) is 1. The quantitative estimate of drug-likeness (QED) is 0.172. The van der Waals surface area contributed by atoms with Gasteiger partial charge in [-0.1, -0.05) is 35.3 Å². The van der Waals surface area contributed by atoms with Crippen LogP contribution in [0, 0.1) is 12.7 Å². The van der Waals surface area contributed by atoms with Crippen molar-refractivity contribution in [2.45, 2.75) is 6.92 Å². The summed E-state index contributed by atoms with van der Waals surface area (Å²) >= 11 is 16.0. The van der Waals surface area contributed by atoms with Gasteiger partial charge in [0, 0.05) is 30.7 Å². The Bertz CT molecular complexity index is 1290. The fraction of sp³-hybridized carbons (Fsp3) is 0.217. The molecule has 0 unspecified atom stereocenters. The summed E-state index contributed by atoms with van der Waals surface area (Å²) in [5, 5.41) is 7.28. The van der Waals surface area contributed by atoms with Crippen LogP contribution < -0.4 is 21.4 Å². The zero-order chi connectivity index (χ0) is 26.4. The first-order chi connectivity index (χ1) is 17.1. The Kier molecular flexibility index (Phi) is 9.43. The lowest BCUT2D eigenvalue weighted by atomic mass is 10.1. The van der Waals surface area contributed by atoms with Gasteiger partial charge >= 0.3 is 0 Å². The minimum atomic E-state index is -0.580. The number of nitrogen functional groups attached to an aromatic ring is 1. The number of ether oxygens (including phenoxy) is 1. The first kappa shape index (κ1) is 27.6. The van der Waals surface area contributed by atoms with Gasteiger partial charge in [0.15, 0.2) is 11.6 Å². The van der Waals surface area contributed by atoms with Crippen molar-refractivity contribution in [3.63, 3.8) is 0 Å². The smallest absolute Gasteiger partial charge is 0.258 e. The number of benzene rings is 2. The third-order valence-electron chi connectivity index (χ3n) is 5.06. The maximum atomic E-state index is 14.1. The van der Waals surface area contributed by atoms with Crippen molar-refractivity contribution in [2.24, 2.45) is 5.10 Å². The van der Waals surface area contributed by atoms with Crippen LogP contribution in [-0.4, -0.2) is 49.4 Å². The number of aromatic nitrogens is 2. The van der Waals surface area contributed by atoms with Gasteiger partial charge in [-0.25, -0.2) is 14.8 Å². The number of nitrogens with one attached hydrogen (secondary N) is 2. The predicted molar refractivity (Wildman–Crippen MR) is 146 cm³/mol. The Morgan fingerprint density at radius 3 is 2.83 bits per heavy atom. The van der Waals surface area contributed by atoms with Crippen LogP contribution in [0.15, 0.2) is 40.0 Å². The Labute approximate surface area is 226 Å². The van der Waals surface area contributed by atoms with Gasteiger partial charge in [-0.3, -0.25) is 4.79 Å². The number of anilines is 4. The lowest BCUT2D eigenvalue weighted by Gasteiger charge is -2.18. The number of methoxy groups -OCH3 is 1. The Morgan fingerprint density at radius 2 is 2.14 bits per heavy atom. The van der Waals surface area contributed by atoms with Gasteiger partial charge in [0.05, 0.1) is 46.0 Å². The average Bonchev–Trinajstić information content (AvgIpc) is 2.84. The van der Waals surface area contributed by atoms with Crippen molar-refractivity contribution in [2.75, 3.05) is 48.7 Å². The first-order valence-electron chi connectivity index (χ1n) is 10.5. The van der Waals surface area contributed by atoms with E-state index in [0.29, 0.717) is 33.9 Å². The highest BCUT2D eigenvalue weighted by atomic mass is 79.9. The van der Waals surface area contributed by atoms with E-state index in [9.17, 15) is 9.18 Å². The number of likely N-dealkylation sites (N-methyl/N-ethyl adjacent to an activating group) is 1. The van der Waals surface area contributed by atoms with Crippen LogP contribution in [0.5, 0.6) is 0 Å². The minimum absolute atomic E-state index is 0.0353. The van der Waals surface area contributed by atoms with E-state index in [1.54, 1.807) is 37.3 Å². The van der Waals surface area contributed by atoms with E-state index in [0.717, 1.165) is 11.8 Å². The fourth-order valence-electron chi connectivity index (χ4n) is 3.11. The maximum absolute atomic E-state index is 14.1. The number of nitrogens with zero attached hydrogens (tertiary/aromatic N) is 4. The zero-order valence-electron chi connectivity index (χ0n) is 19.6. The highest BCUT2D eigenvalue weighted by Gasteiger charge is 2.21. The summed E-state index contributed by atoms with van der Waals surface area (Å²) in [6, 6.07) is 6.88. The van der Waals surface area contributed by atoms with Gasteiger partial charge in [-0.05, 0) is 40.5 Å². The van der Waals surface area contributed by atoms with Crippen LogP contribution in [0.2, 0.25) is 10.0 Å². The molecule has 1 amide bonds. The molecule has 9 nitrogen and oxygen atoms in total. The molecule has 13 heteroatoms. The van der Waals surface area contributed by atoms with Crippen molar-refractivity contribution < 1.29 is 13.9 Å². The third kappa shape index (κ3) is 6.41. The molecule has 0 saturated carbocycles. The molecular weight excluding hydrogens is 576 g/mol. The summed E-state index contributed by atoms with van der Waals surface area (Å²) in [5.41, 5.74) is 10.8. The molecule has 1 heterocycles. The van der Waals surface area contributed by atoms with E-state index in [1.807, 2.05) is 13.0 Å². The maximum Gasteiger partial charge on any atom is 0.258 e. The molecule has 0 bridgehead atoms. The number of para-hydroxylation sites is 1. The minimum Gasteiger partial charge on any atom is -0.397 e. The van der Waals surface area contributed by atoms with Crippen LogP contribution in [-0.2, 0) is 4.74 Å². The number of halogens is 4. The summed E-state index contributed by atoms with van der Waals surface area (Å²) < 4.78 is 19.5. The van der Waals surface area contributed by atoms with Gasteiger partial charge in [0.2, 0.25) is 5.95 Å². The molecule has 0 aliphatic rings. The molecule has 1 aromatic heterocycles. The number of aryl methyl sites for hydroxylation is 1. The molecule has 0 spiro atoms. The second-order valence-electron chi connectivity index (χ2n) is 7.59. The summed E-state index contributed by atoms with van der Waals surface area (Å²) in [6.07, 6.45) is 2.42. The van der Waals surface area contributed by atoms with Gasteiger partial charge in [-0.2, -0.15) is 10.1 Å². The lowest BCUT2D eigenvalue weighted by Crippen LogP contribution is -2.24. The van der Waals surface area contributed by atoms with Crippen molar-refractivity contribution in [1.29, 1.82) is 0 Å². The van der Waals surface area contributed by atoms with Crippen LogP contribution >= 0.6 is 39.1 Å². The number of amides is 1. The second kappa shape index (κ2) is 12.3. The van der Waals surface area contributed by atoms with E-state index < -0.39 is 11.7 Å². The molecule has 3 rings (SSSR count). The normalized spacial score (nSPS) is 11.1. The van der Waals surface area contributed by atoms with Crippen molar-refractivity contribution in [3.8, 4) is 0 Å². The van der Waals surface area contributed by atoms with E-state index in [1.165, 1.54) is 6.21 Å². The monoisotopic (exact) mass is 597 g/mol. The summed E-state index contributed by atoms with van der Waals surface area (Å²) in [6.45, 7) is 2.67. The van der Waals surface area contributed by atoms with Crippen LogP contribution in [0.1, 0.15) is 21.5 Å². The summed E-state index contributed by atoms with van der Waals surface area (Å²) in [7, 11) is 3.24. The highest BCUT2D eigenvalue weighted by Crippen LogP contribution is 2.34. The molecule has 0 atom stereocenters. The van der Waals surface area contributed by atoms with E-state index in [4.69, 9.17) is 33.7 Å².